The van der Waals surface area contributed by atoms with Crippen LogP contribution >= 0.6 is 0 Å². The summed E-state index contributed by atoms with van der Waals surface area (Å²) in [5, 5.41) is 10.5. The molecule has 1 unspecified atom stereocenters. The maximum atomic E-state index is 10.5. The summed E-state index contributed by atoms with van der Waals surface area (Å²) in [5.74, 6) is 1.50. The first-order valence-electron chi connectivity index (χ1n) is 9.33. The lowest BCUT2D eigenvalue weighted by Gasteiger charge is -2.26. The maximum Gasteiger partial charge on any atom is 0.119 e. The minimum absolute atomic E-state index is 0.251. The molecule has 0 saturated carbocycles. The monoisotopic (exact) mass is 373 g/mol. The van der Waals surface area contributed by atoms with Gasteiger partial charge < -0.3 is 19.3 Å². The number of hydrogen-bond donors (Lipinski definition) is 1. The molecule has 148 valence electrons. The number of hydrogen-bond acceptors (Lipinski definition) is 5. The normalized spacial score (nSPS) is 12.2. The summed E-state index contributed by atoms with van der Waals surface area (Å²) in [6.45, 7) is 5.29. The SMILES string of the molecule is COCCCN(Cc1ccccc1C)CC(O)COc1ccc(OC)cc1. The molecule has 0 amide bonds. The van der Waals surface area contributed by atoms with Crippen LogP contribution in [-0.2, 0) is 11.3 Å². The lowest BCUT2D eigenvalue weighted by atomic mass is 10.1. The molecule has 1 atom stereocenters. The highest BCUT2D eigenvalue weighted by Crippen LogP contribution is 2.17. The van der Waals surface area contributed by atoms with Gasteiger partial charge in [-0.3, -0.25) is 4.90 Å². The number of aliphatic hydroxyl groups is 1. The van der Waals surface area contributed by atoms with E-state index in [2.05, 4.69) is 30.0 Å². The van der Waals surface area contributed by atoms with E-state index in [0.717, 1.165) is 31.0 Å². The largest absolute Gasteiger partial charge is 0.497 e. The van der Waals surface area contributed by atoms with Crippen molar-refractivity contribution in [1.82, 2.24) is 4.90 Å². The second-order valence-corrected chi connectivity index (χ2v) is 6.65. The molecular weight excluding hydrogens is 342 g/mol. The summed E-state index contributed by atoms with van der Waals surface area (Å²) in [6, 6.07) is 15.7. The third-order valence-corrected chi connectivity index (χ3v) is 4.45. The van der Waals surface area contributed by atoms with Crippen LogP contribution in [0.5, 0.6) is 11.5 Å². The predicted octanol–water partition coefficient (Wildman–Crippen LogP) is 3.28. The highest BCUT2D eigenvalue weighted by molar-refractivity contribution is 5.31. The molecule has 1 N–H and O–H groups in total. The van der Waals surface area contributed by atoms with Crippen molar-refractivity contribution >= 4 is 0 Å². The van der Waals surface area contributed by atoms with Crippen molar-refractivity contribution < 1.29 is 19.3 Å². The van der Waals surface area contributed by atoms with Crippen LogP contribution in [0.15, 0.2) is 48.5 Å². The summed E-state index contributed by atoms with van der Waals surface area (Å²) in [6.07, 6.45) is 0.354. The highest BCUT2D eigenvalue weighted by Gasteiger charge is 2.14. The van der Waals surface area contributed by atoms with Gasteiger partial charge in [-0.25, -0.2) is 0 Å². The van der Waals surface area contributed by atoms with Gasteiger partial charge in [0.15, 0.2) is 0 Å². The molecule has 0 spiro atoms. The Balaban J connectivity index is 1.88. The molecule has 2 aromatic carbocycles. The molecule has 0 radical (unpaired) electrons. The van der Waals surface area contributed by atoms with E-state index in [1.54, 1.807) is 14.2 Å². The molecule has 5 nitrogen and oxygen atoms in total. The van der Waals surface area contributed by atoms with Crippen molar-refractivity contribution in [2.75, 3.05) is 40.5 Å². The van der Waals surface area contributed by atoms with Gasteiger partial charge in [-0.15, -0.1) is 0 Å². The molecule has 27 heavy (non-hydrogen) atoms. The van der Waals surface area contributed by atoms with Crippen LogP contribution in [0, 0.1) is 6.92 Å². The molecule has 0 aliphatic carbocycles. The van der Waals surface area contributed by atoms with Gasteiger partial charge in [0, 0.05) is 33.4 Å². The molecule has 2 rings (SSSR count). The molecule has 5 heteroatoms. The molecule has 0 heterocycles. The van der Waals surface area contributed by atoms with E-state index in [0.29, 0.717) is 13.2 Å². The Hall–Kier alpha value is -2.08. The number of aryl methyl sites for hydroxylation is 1. The quantitative estimate of drug-likeness (QED) is 0.579. The summed E-state index contributed by atoms with van der Waals surface area (Å²) in [4.78, 5) is 2.25. The molecule has 0 fully saturated rings. The molecule has 0 aromatic heterocycles. The van der Waals surface area contributed by atoms with Gasteiger partial charge in [-0.2, -0.15) is 0 Å². The van der Waals surface area contributed by atoms with Crippen LogP contribution in [-0.4, -0.2) is 56.6 Å². The summed E-state index contributed by atoms with van der Waals surface area (Å²) >= 11 is 0. The second kappa shape index (κ2) is 11.6. The van der Waals surface area contributed by atoms with Crippen molar-refractivity contribution in [3.63, 3.8) is 0 Å². The topological polar surface area (TPSA) is 51.2 Å². The Morgan fingerprint density at radius 2 is 1.70 bits per heavy atom. The fourth-order valence-electron chi connectivity index (χ4n) is 2.91. The summed E-state index contributed by atoms with van der Waals surface area (Å²) in [7, 11) is 3.34. The van der Waals surface area contributed by atoms with E-state index in [9.17, 15) is 5.11 Å². The minimum Gasteiger partial charge on any atom is -0.497 e. The van der Waals surface area contributed by atoms with E-state index >= 15 is 0 Å². The van der Waals surface area contributed by atoms with Crippen molar-refractivity contribution in [3.8, 4) is 11.5 Å². The number of benzene rings is 2. The number of nitrogens with zero attached hydrogens (tertiary/aromatic N) is 1. The van der Waals surface area contributed by atoms with E-state index < -0.39 is 6.10 Å². The fourth-order valence-corrected chi connectivity index (χ4v) is 2.91. The van der Waals surface area contributed by atoms with E-state index in [1.165, 1.54) is 11.1 Å². The second-order valence-electron chi connectivity index (χ2n) is 6.65. The molecule has 0 saturated heterocycles. The maximum absolute atomic E-state index is 10.5. The Labute approximate surface area is 162 Å². The van der Waals surface area contributed by atoms with Gasteiger partial charge >= 0.3 is 0 Å². The van der Waals surface area contributed by atoms with Crippen molar-refractivity contribution in [2.45, 2.75) is 26.0 Å². The number of methoxy groups -OCH3 is 2. The minimum atomic E-state index is -0.571. The molecule has 0 bridgehead atoms. The Morgan fingerprint density at radius 3 is 2.37 bits per heavy atom. The average molecular weight is 373 g/mol. The zero-order chi connectivity index (χ0) is 19.5. The molecule has 0 aliphatic rings. The van der Waals surface area contributed by atoms with E-state index in [-0.39, 0.29) is 6.61 Å². The predicted molar refractivity (Wildman–Crippen MR) is 107 cm³/mol. The van der Waals surface area contributed by atoms with Gasteiger partial charge in [-0.1, -0.05) is 24.3 Å². The average Bonchev–Trinajstić information content (AvgIpc) is 2.68. The van der Waals surface area contributed by atoms with Crippen LogP contribution in [0.3, 0.4) is 0 Å². The molecule has 0 aliphatic heterocycles. The van der Waals surface area contributed by atoms with Crippen LogP contribution < -0.4 is 9.47 Å². The third-order valence-electron chi connectivity index (χ3n) is 4.45. The standard InChI is InChI=1S/C22H31NO4/c1-18-7-4-5-8-19(18)15-23(13-6-14-25-2)16-20(24)17-27-22-11-9-21(26-3)10-12-22/h4-5,7-12,20,24H,6,13-17H2,1-3H3. The fraction of sp³-hybridized carbons (Fsp3) is 0.455. The first-order chi connectivity index (χ1) is 13.1. The van der Waals surface area contributed by atoms with Gasteiger partial charge in [-0.05, 0) is 48.7 Å². The van der Waals surface area contributed by atoms with Crippen molar-refractivity contribution in [3.05, 3.63) is 59.7 Å². The van der Waals surface area contributed by atoms with Gasteiger partial charge in [0.05, 0.1) is 7.11 Å². The Bertz CT molecular complexity index is 660. The Morgan fingerprint density at radius 1 is 1.00 bits per heavy atom. The van der Waals surface area contributed by atoms with Gasteiger partial charge in [0.2, 0.25) is 0 Å². The van der Waals surface area contributed by atoms with E-state index in [1.807, 2.05) is 30.3 Å². The zero-order valence-corrected chi connectivity index (χ0v) is 16.6. The van der Waals surface area contributed by atoms with Crippen LogP contribution in [0.4, 0.5) is 0 Å². The summed E-state index contributed by atoms with van der Waals surface area (Å²) in [5.41, 5.74) is 2.54. The van der Waals surface area contributed by atoms with Crippen molar-refractivity contribution in [1.29, 1.82) is 0 Å². The number of rotatable bonds is 12. The van der Waals surface area contributed by atoms with Crippen molar-refractivity contribution in [2.24, 2.45) is 0 Å². The Kier molecular flexibility index (Phi) is 9.11. The first-order valence-corrected chi connectivity index (χ1v) is 9.33. The van der Waals surface area contributed by atoms with E-state index in [4.69, 9.17) is 14.2 Å². The van der Waals surface area contributed by atoms with Crippen LogP contribution in [0.1, 0.15) is 17.5 Å². The third kappa shape index (κ3) is 7.59. The molecular formula is C22H31NO4. The number of ether oxygens (including phenoxy) is 3. The smallest absolute Gasteiger partial charge is 0.119 e. The van der Waals surface area contributed by atoms with Crippen LogP contribution in [0.25, 0.3) is 0 Å². The zero-order valence-electron chi connectivity index (χ0n) is 16.6. The van der Waals surface area contributed by atoms with Gasteiger partial charge in [0.1, 0.15) is 24.2 Å². The van der Waals surface area contributed by atoms with Crippen LogP contribution in [0.2, 0.25) is 0 Å². The first kappa shape index (κ1) is 21.2. The van der Waals surface area contributed by atoms with Gasteiger partial charge in [0.25, 0.3) is 0 Å². The summed E-state index contributed by atoms with van der Waals surface area (Å²) < 4.78 is 16.0. The number of aliphatic hydroxyl groups excluding tert-OH is 1. The molecule has 2 aromatic rings. The lowest BCUT2D eigenvalue weighted by Crippen LogP contribution is -2.36. The highest BCUT2D eigenvalue weighted by atomic mass is 16.5. The lowest BCUT2D eigenvalue weighted by molar-refractivity contribution is 0.0617.